The number of benzene rings is 2. The Morgan fingerprint density at radius 2 is 1.95 bits per heavy atom. The zero-order valence-corrected chi connectivity index (χ0v) is 24.4. The Hall–Kier alpha value is -3.56. The molecule has 5 atom stereocenters. The van der Waals surface area contributed by atoms with Crippen LogP contribution in [0.5, 0.6) is 0 Å². The molecule has 4 aliphatic rings. The predicted octanol–water partition coefficient (Wildman–Crippen LogP) is 3.89. The average Bonchev–Trinajstić information content (AvgIpc) is 3.37. The molecule has 1 N–H and O–H groups in total. The minimum atomic E-state index is -1.77. The molecular formula is C33H38FN3O5. The van der Waals surface area contributed by atoms with Crippen molar-refractivity contribution in [2.75, 3.05) is 29.5 Å². The number of fused-ring (bicyclic) bond motifs is 3. The summed E-state index contributed by atoms with van der Waals surface area (Å²) < 4.78 is 22.8. The third-order valence-electron chi connectivity index (χ3n) is 9.68. The maximum Gasteiger partial charge on any atom is 0.264 e. The number of alkyl halides is 1. The number of hydrogen-bond donors (Lipinski definition) is 1. The number of carbonyl (C=O) groups excluding carboxylic acids is 3. The number of rotatable bonds is 7. The first-order valence-corrected chi connectivity index (χ1v) is 14.7. The molecule has 0 aliphatic carbocycles. The second-order valence-corrected chi connectivity index (χ2v) is 12.5. The number of amides is 3. The Morgan fingerprint density at radius 1 is 1.21 bits per heavy atom. The summed E-state index contributed by atoms with van der Waals surface area (Å²) in [5, 5.41) is 10.2. The van der Waals surface area contributed by atoms with Gasteiger partial charge in [-0.1, -0.05) is 37.3 Å². The Kier molecular flexibility index (Phi) is 7.01. The average molecular weight is 576 g/mol. The van der Waals surface area contributed by atoms with E-state index in [0.717, 1.165) is 11.1 Å². The molecule has 4 heterocycles. The summed E-state index contributed by atoms with van der Waals surface area (Å²) in [6.07, 6.45) is 1.61. The number of halogens is 1. The van der Waals surface area contributed by atoms with E-state index in [4.69, 9.17) is 4.74 Å². The van der Waals surface area contributed by atoms with Gasteiger partial charge in [0.15, 0.2) is 5.60 Å². The Bertz CT molecular complexity index is 1450. The van der Waals surface area contributed by atoms with Crippen molar-refractivity contribution in [3.63, 3.8) is 0 Å². The number of carbonyl (C=O) groups is 3. The molecule has 8 nitrogen and oxygen atoms in total. The van der Waals surface area contributed by atoms with Crippen molar-refractivity contribution in [3.8, 4) is 0 Å². The van der Waals surface area contributed by atoms with Gasteiger partial charge < -0.3 is 24.5 Å². The highest BCUT2D eigenvalue weighted by atomic mass is 19.1. The van der Waals surface area contributed by atoms with Gasteiger partial charge in [0.25, 0.3) is 5.91 Å². The summed E-state index contributed by atoms with van der Waals surface area (Å²) in [6.45, 7) is 9.57. The molecule has 2 saturated heterocycles. The molecule has 0 bridgehead atoms. The molecular weight excluding hydrogens is 537 g/mol. The Labute approximate surface area is 245 Å². The molecule has 9 heteroatoms. The molecule has 42 heavy (non-hydrogen) atoms. The summed E-state index contributed by atoms with van der Waals surface area (Å²) in [5.41, 5.74) is 0.717. The first-order valence-electron chi connectivity index (χ1n) is 14.7. The maximum absolute atomic E-state index is 16.1. The minimum Gasteiger partial charge on any atom is -0.394 e. The van der Waals surface area contributed by atoms with Gasteiger partial charge in [-0.25, -0.2) is 4.39 Å². The fourth-order valence-corrected chi connectivity index (χ4v) is 7.63. The lowest BCUT2D eigenvalue weighted by Gasteiger charge is -2.37. The molecule has 0 radical (unpaired) electrons. The molecule has 0 unspecified atom stereocenters. The molecule has 1 spiro atoms. The van der Waals surface area contributed by atoms with Gasteiger partial charge in [-0.15, -0.1) is 6.58 Å². The van der Waals surface area contributed by atoms with Crippen LogP contribution in [-0.4, -0.2) is 65.2 Å². The highest BCUT2D eigenvalue weighted by molar-refractivity contribution is 6.09. The third-order valence-corrected chi connectivity index (χ3v) is 9.68. The number of aliphatic hydroxyl groups excluding tert-OH is 1. The van der Waals surface area contributed by atoms with Crippen LogP contribution in [0.25, 0.3) is 0 Å². The smallest absolute Gasteiger partial charge is 0.264 e. The van der Waals surface area contributed by atoms with Gasteiger partial charge in [0.1, 0.15) is 5.67 Å². The number of aliphatic hydroxyl groups is 1. The lowest BCUT2D eigenvalue weighted by atomic mass is 9.71. The van der Waals surface area contributed by atoms with Crippen LogP contribution in [0.1, 0.15) is 50.3 Å². The quantitative estimate of drug-likeness (QED) is 0.400. The first kappa shape index (κ1) is 28.6. The lowest BCUT2D eigenvalue weighted by molar-refractivity contribution is -0.151. The van der Waals surface area contributed by atoms with Crippen molar-refractivity contribution in [1.29, 1.82) is 0 Å². The van der Waals surface area contributed by atoms with Crippen molar-refractivity contribution in [3.05, 3.63) is 71.8 Å². The summed E-state index contributed by atoms with van der Waals surface area (Å²) >= 11 is 0. The number of anilines is 2. The van der Waals surface area contributed by atoms with E-state index >= 15 is 4.39 Å². The molecule has 2 aromatic carbocycles. The molecule has 0 saturated carbocycles. The van der Waals surface area contributed by atoms with E-state index in [2.05, 4.69) is 6.58 Å². The zero-order valence-electron chi connectivity index (χ0n) is 24.4. The zero-order chi connectivity index (χ0) is 30.0. The normalized spacial score (nSPS) is 28.6. The SMILES string of the molecule is C=CCN1C(=O)[C@]2(O[C@H](CC(=O)N3Cc4ccccc4C[C@H]3CO)[C@@H](C(C)(C)F)[C@@H]2C)c2cc(N3CCC3=O)ccc21. The minimum absolute atomic E-state index is 0.00411. The topological polar surface area (TPSA) is 90.4 Å². The van der Waals surface area contributed by atoms with Crippen LogP contribution in [0.3, 0.4) is 0 Å². The van der Waals surface area contributed by atoms with Crippen LogP contribution in [-0.2, 0) is 37.7 Å². The van der Waals surface area contributed by atoms with Crippen molar-refractivity contribution in [1.82, 2.24) is 4.90 Å². The van der Waals surface area contributed by atoms with Gasteiger partial charge >= 0.3 is 0 Å². The fourth-order valence-electron chi connectivity index (χ4n) is 7.63. The third kappa shape index (κ3) is 4.28. The molecule has 3 amide bonds. The van der Waals surface area contributed by atoms with E-state index in [0.29, 0.717) is 42.9 Å². The van der Waals surface area contributed by atoms with Crippen molar-refractivity contribution in [2.24, 2.45) is 11.8 Å². The molecule has 0 aromatic heterocycles. The maximum atomic E-state index is 16.1. The Morgan fingerprint density at radius 3 is 2.57 bits per heavy atom. The van der Waals surface area contributed by atoms with Crippen molar-refractivity contribution >= 4 is 29.1 Å². The number of β-lactam (4-membered cyclic amide) rings is 1. The highest BCUT2D eigenvalue weighted by Crippen LogP contribution is 2.59. The second-order valence-electron chi connectivity index (χ2n) is 12.5. The van der Waals surface area contributed by atoms with Gasteiger partial charge in [-0.3, -0.25) is 14.4 Å². The van der Waals surface area contributed by atoms with Gasteiger partial charge in [0.2, 0.25) is 11.8 Å². The van der Waals surface area contributed by atoms with Gasteiger partial charge in [0, 0.05) is 49.1 Å². The van der Waals surface area contributed by atoms with Crippen molar-refractivity contribution < 1.29 is 28.6 Å². The van der Waals surface area contributed by atoms with Crippen LogP contribution in [0.4, 0.5) is 15.8 Å². The van der Waals surface area contributed by atoms with E-state index in [9.17, 15) is 19.5 Å². The first-order chi connectivity index (χ1) is 20.0. The number of ether oxygens (including phenoxy) is 1. The summed E-state index contributed by atoms with van der Waals surface area (Å²) in [7, 11) is 0. The van der Waals surface area contributed by atoms with Crippen LogP contribution in [0, 0.1) is 11.8 Å². The highest BCUT2D eigenvalue weighted by Gasteiger charge is 2.66. The van der Waals surface area contributed by atoms with E-state index in [1.165, 1.54) is 13.8 Å². The standard InChI is InChI=1S/C33H38FN3O5/c1-5-13-36-26-11-10-23(35-14-12-28(35)39)16-25(26)33(31(36)41)20(2)30(32(3,4)34)27(42-33)17-29(40)37-18-22-9-7-6-8-21(22)15-24(37)19-38/h5-11,16,20,24,27,30,38H,1,12-15,17-19H2,2-4H3/t20-,24-,27+,30-,33+/m0/s1. The van der Waals surface area contributed by atoms with E-state index in [-0.39, 0.29) is 37.3 Å². The second kappa shape index (κ2) is 10.3. The molecule has 222 valence electrons. The van der Waals surface area contributed by atoms with Crippen LogP contribution in [0.2, 0.25) is 0 Å². The summed E-state index contributed by atoms with van der Waals surface area (Å²) in [6, 6.07) is 12.9. The van der Waals surface area contributed by atoms with Gasteiger partial charge in [-0.2, -0.15) is 0 Å². The predicted molar refractivity (Wildman–Crippen MR) is 157 cm³/mol. The number of hydrogen-bond acceptors (Lipinski definition) is 5. The van der Waals surface area contributed by atoms with Crippen LogP contribution < -0.4 is 9.80 Å². The van der Waals surface area contributed by atoms with Crippen LogP contribution >= 0.6 is 0 Å². The molecule has 2 aromatic rings. The van der Waals surface area contributed by atoms with Crippen LogP contribution in [0.15, 0.2) is 55.1 Å². The van der Waals surface area contributed by atoms with E-state index in [1.807, 2.05) is 49.4 Å². The fraction of sp³-hybridized carbons (Fsp3) is 0.485. The number of nitrogens with zero attached hydrogens (tertiary/aromatic N) is 3. The lowest BCUT2D eigenvalue weighted by Crippen LogP contribution is -2.48. The van der Waals surface area contributed by atoms with Crippen molar-refractivity contribution in [2.45, 2.75) is 70.0 Å². The largest absolute Gasteiger partial charge is 0.394 e. The summed E-state index contributed by atoms with van der Waals surface area (Å²) in [5.74, 6) is -1.96. The van der Waals surface area contributed by atoms with E-state index < -0.39 is 35.3 Å². The summed E-state index contributed by atoms with van der Waals surface area (Å²) in [4.78, 5) is 45.4. The molecule has 4 aliphatic heterocycles. The van der Waals surface area contributed by atoms with Gasteiger partial charge in [0.05, 0.1) is 30.9 Å². The van der Waals surface area contributed by atoms with Gasteiger partial charge in [-0.05, 0) is 49.6 Å². The molecule has 6 rings (SSSR count). The van der Waals surface area contributed by atoms with E-state index in [1.54, 1.807) is 20.8 Å². The Balaban J connectivity index is 1.37. The molecule has 2 fully saturated rings. The monoisotopic (exact) mass is 575 g/mol.